The van der Waals surface area contributed by atoms with Gasteiger partial charge in [0.15, 0.2) is 0 Å². The van der Waals surface area contributed by atoms with Crippen LogP contribution in [0.3, 0.4) is 0 Å². The molecule has 0 heterocycles. The molecule has 0 aromatic heterocycles. The molecule has 0 fully saturated rings. The Labute approximate surface area is 260 Å². The lowest BCUT2D eigenvalue weighted by Crippen LogP contribution is -2.29. The molecule has 2 heteroatoms. The van der Waals surface area contributed by atoms with E-state index in [0.29, 0.717) is 0 Å². The maximum Gasteiger partial charge on any atom is 0.123 e. The maximum absolute atomic E-state index is 11.1. The lowest BCUT2D eigenvalue weighted by atomic mass is 9.66. The number of hydrogen-bond donors (Lipinski definition) is 2. The smallest absolute Gasteiger partial charge is 0.123 e. The van der Waals surface area contributed by atoms with Crippen molar-refractivity contribution >= 4 is 0 Å². The molecule has 44 heavy (non-hydrogen) atoms. The van der Waals surface area contributed by atoms with Crippen LogP contribution in [-0.2, 0) is 18.3 Å². The summed E-state index contributed by atoms with van der Waals surface area (Å²) in [6, 6.07) is 53.9. The highest BCUT2D eigenvalue weighted by atomic mass is 16.3. The minimum atomic E-state index is -0.376. The van der Waals surface area contributed by atoms with Crippen molar-refractivity contribution in [2.75, 3.05) is 0 Å². The fourth-order valence-electron chi connectivity index (χ4n) is 6.48. The van der Waals surface area contributed by atoms with E-state index in [0.717, 1.165) is 54.4 Å². The number of hydrogen-bond acceptors (Lipinski definition) is 2. The first-order valence-corrected chi connectivity index (χ1v) is 15.5. The van der Waals surface area contributed by atoms with Crippen LogP contribution in [0.2, 0.25) is 0 Å². The summed E-state index contributed by atoms with van der Waals surface area (Å²) >= 11 is 0. The minimum Gasteiger partial charge on any atom is -0.507 e. The number of phenols is 2. The van der Waals surface area contributed by atoms with Gasteiger partial charge in [-0.2, -0.15) is 0 Å². The third-order valence-electron chi connectivity index (χ3n) is 8.86. The summed E-state index contributed by atoms with van der Waals surface area (Å²) in [6.07, 6.45) is 4.65. The fourth-order valence-corrected chi connectivity index (χ4v) is 6.48. The van der Waals surface area contributed by atoms with Crippen LogP contribution in [0.5, 0.6) is 11.5 Å². The van der Waals surface area contributed by atoms with E-state index in [1.807, 2.05) is 72.8 Å². The molecular weight excluding hydrogens is 536 g/mol. The topological polar surface area (TPSA) is 40.5 Å². The second-order valence-electron chi connectivity index (χ2n) is 11.6. The van der Waals surface area contributed by atoms with Gasteiger partial charge in [0, 0.05) is 16.5 Å². The summed E-state index contributed by atoms with van der Waals surface area (Å²) in [7, 11) is 0. The highest BCUT2D eigenvalue weighted by Crippen LogP contribution is 2.46. The average molecular weight is 575 g/mol. The molecule has 0 saturated heterocycles. The molecule has 0 unspecified atom stereocenters. The minimum absolute atomic E-state index is 0.275. The molecule has 6 rings (SSSR count). The first kappa shape index (κ1) is 29.0. The van der Waals surface area contributed by atoms with Crippen LogP contribution in [0.1, 0.15) is 41.5 Å². The lowest BCUT2D eigenvalue weighted by Gasteiger charge is -2.37. The molecule has 218 valence electrons. The van der Waals surface area contributed by atoms with Gasteiger partial charge < -0.3 is 10.2 Å². The van der Waals surface area contributed by atoms with Crippen LogP contribution in [0.4, 0.5) is 0 Å². The molecule has 0 aliphatic rings. The van der Waals surface area contributed by atoms with E-state index in [2.05, 4.69) is 84.9 Å². The van der Waals surface area contributed by atoms with E-state index in [1.165, 1.54) is 22.3 Å². The molecule has 2 N–H and O–H groups in total. The van der Waals surface area contributed by atoms with E-state index in [9.17, 15) is 10.2 Å². The molecule has 6 aromatic carbocycles. The van der Waals surface area contributed by atoms with Gasteiger partial charge in [0.25, 0.3) is 0 Å². The van der Waals surface area contributed by atoms with Crippen LogP contribution in [-0.4, -0.2) is 10.2 Å². The Morgan fingerprint density at radius 2 is 0.818 bits per heavy atom. The third kappa shape index (κ3) is 6.45. The van der Waals surface area contributed by atoms with E-state index in [1.54, 1.807) is 0 Å². The first-order valence-electron chi connectivity index (χ1n) is 15.5. The van der Waals surface area contributed by atoms with Gasteiger partial charge in [-0.15, -0.1) is 0 Å². The predicted molar refractivity (Wildman–Crippen MR) is 182 cm³/mol. The number of benzene rings is 6. The SMILES string of the molecule is Oc1ccc(C(CCCc2ccccc2)(CCc2ccccc2)c2ccc(O)c(-c3ccccc3)c2)cc1-c1ccccc1. The molecule has 0 atom stereocenters. The van der Waals surface area contributed by atoms with Crippen LogP contribution in [0.15, 0.2) is 158 Å². The molecule has 2 nitrogen and oxygen atoms in total. The van der Waals surface area contributed by atoms with Crippen molar-refractivity contribution in [1.82, 2.24) is 0 Å². The Morgan fingerprint density at radius 3 is 1.27 bits per heavy atom. The Hall–Kier alpha value is -5.08. The van der Waals surface area contributed by atoms with Gasteiger partial charge in [0.1, 0.15) is 11.5 Å². The van der Waals surface area contributed by atoms with E-state index in [4.69, 9.17) is 0 Å². The van der Waals surface area contributed by atoms with Gasteiger partial charge in [-0.1, -0.05) is 133 Å². The van der Waals surface area contributed by atoms with Crippen molar-refractivity contribution in [3.05, 3.63) is 180 Å². The Balaban J connectivity index is 1.52. The van der Waals surface area contributed by atoms with Crippen molar-refractivity contribution in [3.8, 4) is 33.8 Å². The molecule has 0 radical (unpaired) electrons. The van der Waals surface area contributed by atoms with E-state index in [-0.39, 0.29) is 16.9 Å². The summed E-state index contributed by atoms with van der Waals surface area (Å²) < 4.78 is 0. The van der Waals surface area contributed by atoms with Crippen LogP contribution >= 0.6 is 0 Å². The fraction of sp³-hybridized carbons (Fsp3) is 0.143. The van der Waals surface area contributed by atoms with Crippen molar-refractivity contribution in [2.24, 2.45) is 0 Å². The average Bonchev–Trinajstić information content (AvgIpc) is 3.09. The van der Waals surface area contributed by atoms with Crippen LogP contribution in [0, 0.1) is 0 Å². The highest BCUT2D eigenvalue weighted by molar-refractivity contribution is 5.73. The second-order valence-corrected chi connectivity index (χ2v) is 11.6. The first-order chi connectivity index (χ1) is 21.6. The summed E-state index contributed by atoms with van der Waals surface area (Å²) in [4.78, 5) is 0. The Bertz CT molecular complexity index is 1690. The predicted octanol–water partition coefficient (Wildman–Crippen LogP) is 10.4. The van der Waals surface area contributed by atoms with Gasteiger partial charge >= 0.3 is 0 Å². The number of phenolic OH excluding ortho intramolecular Hbond substituents is 2. The molecule has 6 aromatic rings. The number of rotatable bonds is 11. The van der Waals surface area contributed by atoms with Crippen molar-refractivity contribution in [1.29, 1.82) is 0 Å². The second kappa shape index (κ2) is 13.5. The molecule has 0 amide bonds. The third-order valence-corrected chi connectivity index (χ3v) is 8.86. The summed E-state index contributed by atoms with van der Waals surface area (Å²) in [5.74, 6) is 0.550. The number of aromatic hydroxyl groups is 2. The zero-order chi connectivity index (χ0) is 30.2. The standard InChI is InChI=1S/C42H38O2/c43-40-25-23-36(30-38(40)34-19-9-3-10-20-34)42(29-27-33-16-7-2-8-17-33,28-13-18-32-14-5-1-6-15-32)37-24-26-41(44)39(31-37)35-21-11-4-12-22-35/h1-12,14-17,19-26,30-31,43-44H,13,18,27-29H2. The summed E-state index contributed by atoms with van der Waals surface area (Å²) in [5, 5.41) is 22.1. The Morgan fingerprint density at radius 1 is 0.409 bits per heavy atom. The monoisotopic (exact) mass is 574 g/mol. The molecule has 0 spiro atoms. The molecular formula is C42H38O2. The zero-order valence-corrected chi connectivity index (χ0v) is 24.9. The molecule has 0 saturated carbocycles. The normalized spacial score (nSPS) is 11.4. The Kier molecular flexibility index (Phi) is 8.89. The zero-order valence-electron chi connectivity index (χ0n) is 24.9. The summed E-state index contributed by atoms with van der Waals surface area (Å²) in [6.45, 7) is 0. The van der Waals surface area contributed by atoms with Gasteiger partial charge in [-0.05, 0) is 89.8 Å². The van der Waals surface area contributed by atoms with Crippen molar-refractivity contribution in [3.63, 3.8) is 0 Å². The van der Waals surface area contributed by atoms with Crippen LogP contribution in [0.25, 0.3) is 22.3 Å². The van der Waals surface area contributed by atoms with Crippen LogP contribution < -0.4 is 0 Å². The van der Waals surface area contributed by atoms with Crippen molar-refractivity contribution in [2.45, 2.75) is 37.5 Å². The molecule has 0 bridgehead atoms. The highest BCUT2D eigenvalue weighted by Gasteiger charge is 2.35. The van der Waals surface area contributed by atoms with Gasteiger partial charge in [-0.3, -0.25) is 0 Å². The van der Waals surface area contributed by atoms with E-state index >= 15 is 0 Å². The summed E-state index contributed by atoms with van der Waals surface area (Å²) in [5.41, 5.74) is 8.23. The molecule has 0 aliphatic heterocycles. The molecule has 0 aliphatic carbocycles. The number of aryl methyl sites for hydroxylation is 2. The van der Waals surface area contributed by atoms with Crippen molar-refractivity contribution < 1.29 is 10.2 Å². The quantitative estimate of drug-likeness (QED) is 0.162. The lowest BCUT2D eigenvalue weighted by molar-refractivity contribution is 0.419. The van der Waals surface area contributed by atoms with E-state index < -0.39 is 0 Å². The van der Waals surface area contributed by atoms with Gasteiger partial charge in [0.2, 0.25) is 0 Å². The van der Waals surface area contributed by atoms with Gasteiger partial charge in [0.05, 0.1) is 0 Å². The maximum atomic E-state index is 11.1. The largest absolute Gasteiger partial charge is 0.507 e. The van der Waals surface area contributed by atoms with Gasteiger partial charge in [-0.25, -0.2) is 0 Å².